The molecule has 0 radical (unpaired) electrons. The van der Waals surface area contributed by atoms with Gasteiger partial charge in [0.1, 0.15) is 5.52 Å². The van der Waals surface area contributed by atoms with Crippen LogP contribution in [0.25, 0.3) is 11.0 Å². The van der Waals surface area contributed by atoms with Crippen LogP contribution in [-0.2, 0) is 0 Å². The highest BCUT2D eigenvalue weighted by molar-refractivity contribution is 9.10. The molecule has 18 heavy (non-hydrogen) atoms. The molecule has 2 aromatic rings. The van der Waals surface area contributed by atoms with Crippen LogP contribution in [0.3, 0.4) is 0 Å². The van der Waals surface area contributed by atoms with Gasteiger partial charge in [-0.1, -0.05) is 13.3 Å². The zero-order chi connectivity index (χ0) is 13.0. The third-order valence-electron chi connectivity index (χ3n) is 2.83. The second kappa shape index (κ2) is 6.11. The average Bonchev–Trinajstić information content (AvgIpc) is 2.38. The first-order chi connectivity index (χ1) is 8.74. The van der Waals surface area contributed by atoms with E-state index >= 15 is 0 Å². The number of nitrogens with two attached hydrogens (primary N) is 1. The third kappa shape index (κ3) is 2.97. The van der Waals surface area contributed by atoms with E-state index in [2.05, 4.69) is 38.1 Å². The minimum absolute atomic E-state index is 0.283. The zero-order valence-electron chi connectivity index (χ0n) is 10.4. The molecule has 4 nitrogen and oxygen atoms in total. The van der Waals surface area contributed by atoms with Gasteiger partial charge < -0.3 is 11.1 Å². The van der Waals surface area contributed by atoms with Gasteiger partial charge in [0, 0.05) is 29.5 Å². The summed E-state index contributed by atoms with van der Waals surface area (Å²) in [7, 11) is 0. The van der Waals surface area contributed by atoms with Gasteiger partial charge in [-0.05, 0) is 34.5 Å². The maximum atomic E-state index is 5.77. The summed E-state index contributed by atoms with van der Waals surface area (Å²) in [6.07, 6.45) is 5.73. The molecule has 2 heterocycles. The standard InChI is InChI=1S/C13H17BrN4/c1-2-3-10(7-15)18-11-4-5-16-12-6-9(14)8-17-13(11)12/h4-6,8,10H,2-3,7,15H2,1H3,(H,16,18). The molecule has 2 aromatic heterocycles. The molecule has 1 atom stereocenters. The lowest BCUT2D eigenvalue weighted by atomic mass is 10.1. The van der Waals surface area contributed by atoms with Gasteiger partial charge in [-0.15, -0.1) is 0 Å². The van der Waals surface area contributed by atoms with E-state index in [0.29, 0.717) is 6.54 Å². The Hall–Kier alpha value is -1.20. The molecule has 0 aliphatic carbocycles. The largest absolute Gasteiger partial charge is 0.379 e. The quantitative estimate of drug-likeness (QED) is 0.891. The Bertz CT molecular complexity index is 529. The minimum Gasteiger partial charge on any atom is -0.379 e. The lowest BCUT2D eigenvalue weighted by Crippen LogP contribution is -2.28. The normalized spacial score (nSPS) is 12.6. The van der Waals surface area contributed by atoms with Crippen LogP contribution in [0.5, 0.6) is 0 Å². The fraction of sp³-hybridized carbons (Fsp3) is 0.385. The maximum Gasteiger partial charge on any atom is 0.112 e. The predicted octanol–water partition coefficient (Wildman–Crippen LogP) is 2.93. The van der Waals surface area contributed by atoms with Crippen LogP contribution >= 0.6 is 15.9 Å². The van der Waals surface area contributed by atoms with E-state index in [9.17, 15) is 0 Å². The van der Waals surface area contributed by atoms with Gasteiger partial charge in [0.05, 0.1) is 11.2 Å². The number of nitrogens with one attached hydrogen (secondary N) is 1. The van der Waals surface area contributed by atoms with Crippen molar-refractivity contribution in [3.8, 4) is 0 Å². The van der Waals surface area contributed by atoms with Crippen molar-refractivity contribution in [2.24, 2.45) is 5.73 Å². The molecule has 0 bridgehead atoms. The smallest absolute Gasteiger partial charge is 0.112 e. The summed E-state index contributed by atoms with van der Waals surface area (Å²) in [5.74, 6) is 0. The van der Waals surface area contributed by atoms with Gasteiger partial charge in [-0.2, -0.15) is 0 Å². The second-order valence-corrected chi connectivity index (χ2v) is 5.16. The van der Waals surface area contributed by atoms with Crippen molar-refractivity contribution in [2.75, 3.05) is 11.9 Å². The first-order valence-electron chi connectivity index (χ1n) is 6.11. The summed E-state index contributed by atoms with van der Waals surface area (Å²) in [5, 5.41) is 3.45. The SMILES string of the molecule is CCCC(CN)Nc1ccnc2cc(Br)cnc12. The molecule has 0 amide bonds. The Morgan fingerprint density at radius 3 is 3.00 bits per heavy atom. The number of pyridine rings is 2. The highest BCUT2D eigenvalue weighted by atomic mass is 79.9. The Kier molecular flexibility index (Phi) is 4.49. The first-order valence-corrected chi connectivity index (χ1v) is 6.90. The van der Waals surface area contributed by atoms with E-state index in [-0.39, 0.29) is 6.04 Å². The van der Waals surface area contributed by atoms with Crippen LogP contribution in [0.15, 0.2) is 29.0 Å². The van der Waals surface area contributed by atoms with Crippen LogP contribution in [0, 0.1) is 0 Å². The molecule has 0 aromatic carbocycles. The van der Waals surface area contributed by atoms with E-state index in [4.69, 9.17) is 5.73 Å². The number of hydrogen-bond acceptors (Lipinski definition) is 4. The van der Waals surface area contributed by atoms with Gasteiger partial charge in [-0.3, -0.25) is 9.97 Å². The first kappa shape index (κ1) is 13.2. The molecule has 0 aliphatic rings. The maximum absolute atomic E-state index is 5.77. The fourth-order valence-electron chi connectivity index (χ4n) is 1.94. The van der Waals surface area contributed by atoms with Gasteiger partial charge in [0.2, 0.25) is 0 Å². The summed E-state index contributed by atoms with van der Waals surface area (Å²) in [6.45, 7) is 2.78. The summed E-state index contributed by atoms with van der Waals surface area (Å²) in [5.41, 5.74) is 8.53. The summed E-state index contributed by atoms with van der Waals surface area (Å²) >= 11 is 3.40. The zero-order valence-corrected chi connectivity index (χ0v) is 11.9. The molecule has 2 rings (SSSR count). The second-order valence-electron chi connectivity index (χ2n) is 4.25. The monoisotopic (exact) mass is 308 g/mol. The molecule has 0 fully saturated rings. The lowest BCUT2D eigenvalue weighted by molar-refractivity contribution is 0.649. The highest BCUT2D eigenvalue weighted by Crippen LogP contribution is 2.22. The number of halogens is 1. The van der Waals surface area contributed by atoms with E-state index in [1.165, 1.54) is 0 Å². The van der Waals surface area contributed by atoms with Crippen molar-refractivity contribution in [3.05, 3.63) is 29.0 Å². The van der Waals surface area contributed by atoms with Crippen molar-refractivity contribution >= 4 is 32.7 Å². The van der Waals surface area contributed by atoms with Crippen LogP contribution < -0.4 is 11.1 Å². The molecule has 3 N–H and O–H groups in total. The summed E-state index contributed by atoms with van der Waals surface area (Å²) in [6, 6.07) is 4.19. The van der Waals surface area contributed by atoms with Crippen molar-refractivity contribution in [3.63, 3.8) is 0 Å². The topological polar surface area (TPSA) is 63.8 Å². The number of nitrogens with zero attached hydrogens (tertiary/aromatic N) is 2. The predicted molar refractivity (Wildman–Crippen MR) is 78.6 cm³/mol. The number of anilines is 1. The molecule has 0 aliphatic heterocycles. The van der Waals surface area contributed by atoms with E-state index < -0.39 is 0 Å². The van der Waals surface area contributed by atoms with Crippen LogP contribution in [0.4, 0.5) is 5.69 Å². The number of rotatable bonds is 5. The molecule has 0 saturated heterocycles. The average molecular weight is 309 g/mol. The van der Waals surface area contributed by atoms with Crippen LogP contribution in [0.2, 0.25) is 0 Å². The molecular weight excluding hydrogens is 292 g/mol. The molecule has 1 unspecified atom stereocenters. The van der Waals surface area contributed by atoms with Crippen LogP contribution in [0.1, 0.15) is 19.8 Å². The van der Waals surface area contributed by atoms with E-state index in [1.807, 2.05) is 12.1 Å². The fourth-order valence-corrected chi connectivity index (χ4v) is 2.26. The Morgan fingerprint density at radius 1 is 1.44 bits per heavy atom. The highest BCUT2D eigenvalue weighted by Gasteiger charge is 2.09. The lowest BCUT2D eigenvalue weighted by Gasteiger charge is -2.18. The van der Waals surface area contributed by atoms with Gasteiger partial charge in [-0.25, -0.2) is 0 Å². The molecule has 5 heteroatoms. The summed E-state index contributed by atoms with van der Waals surface area (Å²) in [4.78, 5) is 8.73. The number of aromatic nitrogens is 2. The Labute approximate surface area is 115 Å². The van der Waals surface area contributed by atoms with Crippen molar-refractivity contribution < 1.29 is 0 Å². The van der Waals surface area contributed by atoms with Crippen molar-refractivity contribution in [2.45, 2.75) is 25.8 Å². The van der Waals surface area contributed by atoms with Crippen LogP contribution in [-0.4, -0.2) is 22.6 Å². The third-order valence-corrected chi connectivity index (χ3v) is 3.26. The number of fused-ring (bicyclic) bond motifs is 1. The summed E-state index contributed by atoms with van der Waals surface area (Å²) < 4.78 is 0.934. The molecule has 0 spiro atoms. The van der Waals surface area contributed by atoms with Gasteiger partial charge >= 0.3 is 0 Å². The Balaban J connectivity index is 2.32. The van der Waals surface area contributed by atoms with Crippen molar-refractivity contribution in [1.29, 1.82) is 0 Å². The van der Waals surface area contributed by atoms with Crippen molar-refractivity contribution in [1.82, 2.24) is 9.97 Å². The molecular formula is C13H17BrN4. The van der Waals surface area contributed by atoms with E-state index in [1.54, 1.807) is 12.4 Å². The Morgan fingerprint density at radius 2 is 2.28 bits per heavy atom. The van der Waals surface area contributed by atoms with Gasteiger partial charge in [0.15, 0.2) is 0 Å². The molecule has 96 valence electrons. The van der Waals surface area contributed by atoms with E-state index in [0.717, 1.165) is 34.0 Å². The molecule has 0 saturated carbocycles. The van der Waals surface area contributed by atoms with Gasteiger partial charge in [0.25, 0.3) is 0 Å². The number of hydrogen-bond donors (Lipinski definition) is 2. The minimum atomic E-state index is 0.283.